The lowest BCUT2D eigenvalue weighted by molar-refractivity contribution is 0.277. The van der Waals surface area contributed by atoms with E-state index in [-0.39, 0.29) is 13.2 Å². The number of ether oxygens (including phenoxy) is 2. The largest absolute Gasteiger partial charge is 0.397 e. The standard InChI is InChI=1S/C39H33N3.4C2H6O/c1-29(2)40-38-25-23-34(41(30-15-7-3-8-16-30)31-17-9-4-10-18-31)27-36(38)37-28-35(24-26-39(37)40)42(32-19-11-5-12-20-32)33-21-13-6-14-22-33;2*1-3-2;2*1-2-3/h3-29H,1-2H3;2*1-2H3;2*3H,2H2,1H3. The first-order valence-electron chi connectivity index (χ1n) is 18.3. The van der Waals surface area contributed by atoms with Gasteiger partial charge in [-0.15, -0.1) is 0 Å². The molecule has 7 aromatic rings. The molecule has 0 radical (unpaired) electrons. The number of para-hydroxylation sites is 4. The van der Waals surface area contributed by atoms with E-state index in [1.54, 1.807) is 42.3 Å². The van der Waals surface area contributed by atoms with Crippen LogP contribution >= 0.6 is 0 Å². The Morgan fingerprint density at radius 3 is 0.907 bits per heavy atom. The van der Waals surface area contributed by atoms with Gasteiger partial charge in [0, 0.05) is 104 Å². The third-order valence-corrected chi connectivity index (χ3v) is 7.86. The van der Waals surface area contributed by atoms with E-state index in [2.05, 4.69) is 195 Å². The SMILES string of the molecule is CC(C)n1c2ccc(N(c3ccccc3)c3ccccc3)cc2c2cc(N(c3ccccc3)c3ccccc3)ccc21.CCO.CCO.COC.COC. The second-order valence-corrected chi connectivity index (χ2v) is 12.3. The highest BCUT2D eigenvalue weighted by atomic mass is 16.5. The Morgan fingerprint density at radius 1 is 0.444 bits per heavy atom. The molecule has 0 amide bonds. The molecule has 7 nitrogen and oxygen atoms in total. The average molecular weight is 728 g/mol. The highest BCUT2D eigenvalue weighted by Crippen LogP contribution is 2.42. The lowest BCUT2D eigenvalue weighted by atomic mass is 10.1. The lowest BCUT2D eigenvalue weighted by Gasteiger charge is -2.26. The summed E-state index contributed by atoms with van der Waals surface area (Å²) in [5, 5.41) is 17.6. The molecular weight excluding hydrogens is 671 g/mol. The molecular formula is C47H57N3O4. The predicted molar refractivity (Wildman–Crippen MR) is 231 cm³/mol. The number of benzene rings is 6. The normalized spacial score (nSPS) is 10.1. The Bertz CT molecular complexity index is 1810. The molecule has 1 heterocycles. The molecule has 54 heavy (non-hydrogen) atoms. The molecule has 0 spiro atoms. The van der Waals surface area contributed by atoms with Gasteiger partial charge in [-0.05, 0) is 113 Å². The van der Waals surface area contributed by atoms with Crippen LogP contribution in [-0.4, -0.2) is 56.4 Å². The summed E-state index contributed by atoms with van der Waals surface area (Å²) in [7, 11) is 6.50. The van der Waals surface area contributed by atoms with Gasteiger partial charge < -0.3 is 34.1 Å². The number of rotatable bonds is 7. The van der Waals surface area contributed by atoms with E-state index in [1.807, 2.05) is 0 Å². The molecule has 7 rings (SSSR count). The van der Waals surface area contributed by atoms with Gasteiger partial charge in [0.2, 0.25) is 0 Å². The molecule has 7 heteroatoms. The van der Waals surface area contributed by atoms with Crippen LogP contribution < -0.4 is 9.80 Å². The number of hydrogen-bond acceptors (Lipinski definition) is 6. The molecule has 0 bridgehead atoms. The maximum atomic E-state index is 7.57. The van der Waals surface area contributed by atoms with Gasteiger partial charge in [-0.1, -0.05) is 72.8 Å². The number of aliphatic hydroxyl groups is 2. The molecule has 1 aromatic heterocycles. The zero-order valence-corrected chi connectivity index (χ0v) is 33.1. The minimum atomic E-state index is 0.250. The van der Waals surface area contributed by atoms with E-state index in [0.29, 0.717) is 6.04 Å². The molecule has 0 saturated carbocycles. The highest BCUT2D eigenvalue weighted by molar-refractivity contribution is 6.11. The van der Waals surface area contributed by atoms with Crippen molar-refractivity contribution in [2.45, 2.75) is 33.7 Å². The van der Waals surface area contributed by atoms with Crippen LogP contribution in [0.2, 0.25) is 0 Å². The molecule has 2 N–H and O–H groups in total. The maximum absolute atomic E-state index is 7.57. The summed E-state index contributed by atoms with van der Waals surface area (Å²) in [5.74, 6) is 0. The second-order valence-electron chi connectivity index (χ2n) is 12.3. The fraction of sp³-hybridized carbons (Fsp3) is 0.234. The molecule has 284 valence electrons. The first kappa shape index (κ1) is 43.0. The van der Waals surface area contributed by atoms with Crippen LogP contribution in [0, 0.1) is 0 Å². The summed E-state index contributed by atoms with van der Waals surface area (Å²) in [6.45, 7) is 8.39. The minimum Gasteiger partial charge on any atom is -0.397 e. The van der Waals surface area contributed by atoms with E-state index in [0.717, 1.165) is 34.1 Å². The van der Waals surface area contributed by atoms with Crippen molar-refractivity contribution < 1.29 is 19.7 Å². The summed E-state index contributed by atoms with van der Waals surface area (Å²) in [4.78, 5) is 4.67. The number of hydrogen-bond donors (Lipinski definition) is 2. The van der Waals surface area contributed by atoms with Gasteiger partial charge in [0.1, 0.15) is 0 Å². The van der Waals surface area contributed by atoms with Crippen LogP contribution in [0.5, 0.6) is 0 Å². The van der Waals surface area contributed by atoms with Crippen molar-refractivity contribution in [3.05, 3.63) is 158 Å². The van der Waals surface area contributed by atoms with Crippen molar-refractivity contribution in [2.75, 3.05) is 51.5 Å². The van der Waals surface area contributed by atoms with Gasteiger partial charge in [-0.2, -0.15) is 0 Å². The highest BCUT2D eigenvalue weighted by Gasteiger charge is 2.19. The fourth-order valence-electron chi connectivity index (χ4n) is 6.07. The minimum absolute atomic E-state index is 0.250. The Labute approximate surface area is 322 Å². The van der Waals surface area contributed by atoms with Gasteiger partial charge in [0.15, 0.2) is 0 Å². The van der Waals surface area contributed by atoms with E-state index in [4.69, 9.17) is 10.2 Å². The number of aliphatic hydroxyl groups excluding tert-OH is 2. The molecule has 6 aromatic carbocycles. The van der Waals surface area contributed by atoms with Crippen molar-refractivity contribution in [3.63, 3.8) is 0 Å². The van der Waals surface area contributed by atoms with Crippen molar-refractivity contribution in [1.29, 1.82) is 0 Å². The third kappa shape index (κ3) is 11.3. The number of aromatic nitrogens is 1. The molecule has 0 atom stereocenters. The smallest absolute Gasteiger partial charge is 0.0495 e. The van der Waals surface area contributed by atoms with Crippen LogP contribution in [0.15, 0.2) is 158 Å². The van der Waals surface area contributed by atoms with Crippen molar-refractivity contribution in [3.8, 4) is 0 Å². The molecule has 0 saturated heterocycles. The van der Waals surface area contributed by atoms with Crippen LogP contribution in [0.1, 0.15) is 33.7 Å². The molecule has 0 aliphatic rings. The maximum Gasteiger partial charge on any atom is 0.0495 e. The fourth-order valence-corrected chi connectivity index (χ4v) is 6.07. The molecule has 0 aliphatic heterocycles. The number of fused-ring (bicyclic) bond motifs is 3. The van der Waals surface area contributed by atoms with Crippen molar-refractivity contribution in [1.82, 2.24) is 4.57 Å². The quantitative estimate of drug-likeness (QED) is 0.170. The third-order valence-electron chi connectivity index (χ3n) is 7.86. The van der Waals surface area contributed by atoms with Gasteiger partial charge in [0.05, 0.1) is 0 Å². The van der Waals surface area contributed by atoms with Gasteiger partial charge in [0.25, 0.3) is 0 Å². The molecule has 0 fully saturated rings. The van der Waals surface area contributed by atoms with Crippen molar-refractivity contribution in [2.24, 2.45) is 0 Å². The van der Waals surface area contributed by atoms with E-state index in [1.165, 1.54) is 21.8 Å². The van der Waals surface area contributed by atoms with Crippen LogP contribution in [0.4, 0.5) is 34.1 Å². The predicted octanol–water partition coefficient (Wildman–Crippen LogP) is 11.8. The topological polar surface area (TPSA) is 70.3 Å². The summed E-state index contributed by atoms with van der Waals surface area (Å²) in [6.07, 6.45) is 0. The Morgan fingerprint density at radius 2 is 0.685 bits per heavy atom. The van der Waals surface area contributed by atoms with Crippen molar-refractivity contribution >= 4 is 55.9 Å². The zero-order valence-electron chi connectivity index (χ0n) is 33.1. The molecule has 0 aliphatic carbocycles. The average Bonchev–Trinajstić information content (AvgIpc) is 3.52. The van der Waals surface area contributed by atoms with Gasteiger partial charge in [-0.3, -0.25) is 0 Å². The number of nitrogens with zero attached hydrogens (tertiary/aromatic N) is 3. The Hall–Kier alpha value is -5.44. The van der Waals surface area contributed by atoms with E-state index in [9.17, 15) is 0 Å². The second kappa shape index (κ2) is 23.3. The summed E-state index contributed by atoms with van der Waals surface area (Å²) in [6, 6.07) is 56.5. The van der Waals surface area contributed by atoms with Gasteiger partial charge >= 0.3 is 0 Å². The van der Waals surface area contributed by atoms with E-state index < -0.39 is 0 Å². The van der Waals surface area contributed by atoms with Crippen LogP contribution in [0.25, 0.3) is 21.8 Å². The molecule has 0 unspecified atom stereocenters. The zero-order chi connectivity index (χ0) is 39.3. The summed E-state index contributed by atoms with van der Waals surface area (Å²) >= 11 is 0. The number of anilines is 6. The summed E-state index contributed by atoms with van der Waals surface area (Å²) in [5.41, 5.74) is 9.30. The first-order chi connectivity index (χ1) is 26.3. The number of methoxy groups -OCH3 is 2. The van der Waals surface area contributed by atoms with Crippen LogP contribution in [-0.2, 0) is 9.47 Å². The first-order valence-corrected chi connectivity index (χ1v) is 18.3. The monoisotopic (exact) mass is 727 g/mol. The van der Waals surface area contributed by atoms with Gasteiger partial charge in [-0.25, -0.2) is 0 Å². The summed E-state index contributed by atoms with van der Waals surface area (Å²) < 4.78 is 11.0. The Balaban J connectivity index is 0.000000582. The van der Waals surface area contributed by atoms with E-state index >= 15 is 0 Å². The van der Waals surface area contributed by atoms with Crippen LogP contribution in [0.3, 0.4) is 0 Å². The lowest BCUT2D eigenvalue weighted by Crippen LogP contribution is -2.09. The Kier molecular flexibility index (Phi) is 18.5.